The van der Waals surface area contributed by atoms with E-state index in [-0.39, 0.29) is 5.91 Å². The molecule has 5 rings (SSSR count). The van der Waals surface area contributed by atoms with E-state index in [1.54, 1.807) is 19.3 Å². The molecule has 4 aromatic rings. The molecule has 1 fully saturated rings. The Hall–Kier alpha value is -3.69. The average Bonchev–Trinajstić information content (AvgIpc) is 3.10. The standard InChI is InChI=1S/C18H17FN8O/c1-20-15-8-14(23-12-3-2-5-26-6-4-21-17(12)26)25-16-10(9-22-27(15)16)18(28)24-13-7-11(13)19/h2-6,8-9,11,13,20H,7H2,1H3,(H,23,25)(H,24,28)/t11-,13+/m0/s1. The van der Waals surface area contributed by atoms with Crippen LogP contribution in [0, 0.1) is 0 Å². The van der Waals surface area contributed by atoms with E-state index in [1.807, 2.05) is 28.9 Å². The summed E-state index contributed by atoms with van der Waals surface area (Å²) < 4.78 is 16.6. The topological polar surface area (TPSA) is 101 Å². The Morgan fingerprint density at radius 1 is 1.32 bits per heavy atom. The van der Waals surface area contributed by atoms with Crippen LogP contribution in [0.25, 0.3) is 11.3 Å². The van der Waals surface area contributed by atoms with Crippen molar-refractivity contribution >= 4 is 34.5 Å². The van der Waals surface area contributed by atoms with Crippen LogP contribution in [-0.2, 0) is 0 Å². The molecule has 142 valence electrons. The van der Waals surface area contributed by atoms with Crippen molar-refractivity contribution in [2.75, 3.05) is 17.7 Å². The molecule has 0 bridgehead atoms. The van der Waals surface area contributed by atoms with Gasteiger partial charge in [-0.25, -0.2) is 14.4 Å². The minimum absolute atomic E-state index is 0.290. The fraction of sp³-hybridized carbons (Fsp3) is 0.222. The Bertz CT molecular complexity index is 1200. The van der Waals surface area contributed by atoms with E-state index in [0.29, 0.717) is 29.3 Å². The molecule has 0 spiro atoms. The third-order valence-corrected chi connectivity index (χ3v) is 4.68. The summed E-state index contributed by atoms with van der Waals surface area (Å²) in [7, 11) is 1.76. The van der Waals surface area contributed by atoms with Crippen molar-refractivity contribution in [3.05, 3.63) is 48.5 Å². The van der Waals surface area contributed by atoms with Crippen LogP contribution >= 0.6 is 0 Å². The van der Waals surface area contributed by atoms with Gasteiger partial charge in [0.2, 0.25) is 0 Å². The molecule has 2 atom stereocenters. The van der Waals surface area contributed by atoms with Gasteiger partial charge in [0.25, 0.3) is 5.91 Å². The van der Waals surface area contributed by atoms with Gasteiger partial charge in [-0.2, -0.15) is 9.61 Å². The number of halogens is 1. The zero-order valence-corrected chi connectivity index (χ0v) is 14.9. The summed E-state index contributed by atoms with van der Waals surface area (Å²) in [6, 6.07) is 5.15. The van der Waals surface area contributed by atoms with Crippen LogP contribution in [0.5, 0.6) is 0 Å². The first-order valence-corrected chi connectivity index (χ1v) is 8.84. The fourth-order valence-electron chi connectivity index (χ4n) is 3.11. The second-order valence-corrected chi connectivity index (χ2v) is 6.61. The lowest BCUT2D eigenvalue weighted by molar-refractivity contribution is 0.0949. The zero-order chi connectivity index (χ0) is 19.3. The molecule has 0 radical (unpaired) electrons. The molecular formula is C18H17FN8O. The second-order valence-electron chi connectivity index (χ2n) is 6.61. The monoisotopic (exact) mass is 380 g/mol. The Kier molecular flexibility index (Phi) is 3.64. The Balaban J connectivity index is 1.55. The van der Waals surface area contributed by atoms with Crippen molar-refractivity contribution in [3.63, 3.8) is 0 Å². The minimum Gasteiger partial charge on any atom is -0.373 e. The van der Waals surface area contributed by atoms with Crippen LogP contribution < -0.4 is 16.0 Å². The summed E-state index contributed by atoms with van der Waals surface area (Å²) >= 11 is 0. The van der Waals surface area contributed by atoms with Gasteiger partial charge in [0.1, 0.15) is 23.4 Å². The minimum atomic E-state index is -0.973. The number of alkyl halides is 1. The van der Waals surface area contributed by atoms with Crippen molar-refractivity contribution < 1.29 is 9.18 Å². The molecule has 10 heteroatoms. The van der Waals surface area contributed by atoms with E-state index < -0.39 is 12.2 Å². The van der Waals surface area contributed by atoms with Gasteiger partial charge in [0.15, 0.2) is 11.3 Å². The van der Waals surface area contributed by atoms with E-state index in [4.69, 9.17) is 0 Å². The van der Waals surface area contributed by atoms with E-state index in [1.165, 1.54) is 10.7 Å². The number of aromatic nitrogens is 5. The summed E-state index contributed by atoms with van der Waals surface area (Å²) in [5.41, 5.74) is 2.19. The van der Waals surface area contributed by atoms with E-state index in [0.717, 1.165) is 11.3 Å². The number of amides is 1. The number of anilines is 3. The molecule has 1 saturated carbocycles. The molecule has 28 heavy (non-hydrogen) atoms. The maximum atomic E-state index is 13.1. The number of fused-ring (bicyclic) bond motifs is 2. The highest BCUT2D eigenvalue weighted by Gasteiger charge is 2.39. The number of hydrogen-bond donors (Lipinski definition) is 3. The van der Waals surface area contributed by atoms with Gasteiger partial charge in [0, 0.05) is 38.1 Å². The number of nitrogens with one attached hydrogen (secondary N) is 3. The molecule has 4 heterocycles. The zero-order valence-electron chi connectivity index (χ0n) is 14.9. The van der Waals surface area contributed by atoms with Crippen molar-refractivity contribution in [1.82, 2.24) is 29.3 Å². The van der Waals surface area contributed by atoms with Gasteiger partial charge in [-0.05, 0) is 12.1 Å². The van der Waals surface area contributed by atoms with Gasteiger partial charge in [-0.3, -0.25) is 4.79 Å². The van der Waals surface area contributed by atoms with E-state index in [2.05, 4.69) is 31.0 Å². The number of pyridine rings is 1. The maximum Gasteiger partial charge on any atom is 0.257 e. The summed E-state index contributed by atoms with van der Waals surface area (Å²) in [4.78, 5) is 21.4. The lowest BCUT2D eigenvalue weighted by Crippen LogP contribution is -2.27. The van der Waals surface area contributed by atoms with Crippen molar-refractivity contribution in [3.8, 4) is 0 Å². The third-order valence-electron chi connectivity index (χ3n) is 4.68. The summed E-state index contributed by atoms with van der Waals surface area (Å²) in [6.45, 7) is 0. The highest BCUT2D eigenvalue weighted by atomic mass is 19.1. The molecule has 4 aromatic heterocycles. The molecule has 0 saturated heterocycles. The van der Waals surface area contributed by atoms with Gasteiger partial charge in [0.05, 0.1) is 17.9 Å². The number of nitrogens with zero attached hydrogens (tertiary/aromatic N) is 5. The highest BCUT2D eigenvalue weighted by molar-refractivity contribution is 6.00. The smallest absolute Gasteiger partial charge is 0.257 e. The number of carbonyl (C=O) groups excluding carboxylic acids is 1. The number of carbonyl (C=O) groups is 1. The van der Waals surface area contributed by atoms with Gasteiger partial charge >= 0.3 is 0 Å². The summed E-state index contributed by atoms with van der Waals surface area (Å²) in [5.74, 6) is 0.788. The summed E-state index contributed by atoms with van der Waals surface area (Å²) in [5, 5.41) is 13.2. The van der Waals surface area contributed by atoms with Crippen LogP contribution in [0.15, 0.2) is 43.0 Å². The Morgan fingerprint density at radius 2 is 2.18 bits per heavy atom. The lowest BCUT2D eigenvalue weighted by Gasteiger charge is -2.11. The second kappa shape index (κ2) is 6.19. The molecule has 1 aliphatic carbocycles. The van der Waals surface area contributed by atoms with Crippen LogP contribution in [0.3, 0.4) is 0 Å². The molecular weight excluding hydrogens is 363 g/mol. The largest absolute Gasteiger partial charge is 0.373 e. The Morgan fingerprint density at radius 3 is 2.96 bits per heavy atom. The van der Waals surface area contributed by atoms with E-state index in [9.17, 15) is 9.18 Å². The molecule has 9 nitrogen and oxygen atoms in total. The SMILES string of the molecule is CNc1cc(Nc2cccn3ccnc23)nc2c(C(=O)N[C@@H]3C[C@@H]3F)cnn12. The summed E-state index contributed by atoms with van der Waals surface area (Å²) in [6.07, 6.45) is 6.28. The number of rotatable bonds is 5. The van der Waals surface area contributed by atoms with Crippen LogP contribution in [0.1, 0.15) is 16.8 Å². The predicted molar refractivity (Wildman–Crippen MR) is 102 cm³/mol. The maximum absolute atomic E-state index is 13.1. The predicted octanol–water partition coefficient (Wildman–Crippen LogP) is 2.00. The van der Waals surface area contributed by atoms with Gasteiger partial charge in [-0.1, -0.05) is 0 Å². The van der Waals surface area contributed by atoms with Crippen molar-refractivity contribution in [1.29, 1.82) is 0 Å². The first-order valence-electron chi connectivity index (χ1n) is 8.84. The average molecular weight is 380 g/mol. The van der Waals surface area contributed by atoms with Gasteiger partial charge in [-0.15, -0.1) is 0 Å². The van der Waals surface area contributed by atoms with Crippen molar-refractivity contribution in [2.24, 2.45) is 0 Å². The first kappa shape index (κ1) is 16.5. The van der Waals surface area contributed by atoms with Gasteiger partial charge < -0.3 is 20.4 Å². The third kappa shape index (κ3) is 2.70. The molecule has 3 N–H and O–H groups in total. The quantitative estimate of drug-likeness (QED) is 0.490. The normalized spacial score (nSPS) is 18.4. The lowest BCUT2D eigenvalue weighted by atomic mass is 10.3. The molecule has 0 aromatic carbocycles. The number of imidazole rings is 1. The Labute approximate surface area is 158 Å². The fourth-order valence-corrected chi connectivity index (χ4v) is 3.11. The van der Waals surface area contributed by atoms with Crippen LogP contribution in [0.4, 0.5) is 21.7 Å². The number of hydrogen-bond acceptors (Lipinski definition) is 6. The highest BCUT2D eigenvalue weighted by Crippen LogP contribution is 2.27. The van der Waals surface area contributed by atoms with E-state index >= 15 is 0 Å². The van der Waals surface area contributed by atoms with Crippen LogP contribution in [-0.4, -0.2) is 49.2 Å². The first-order chi connectivity index (χ1) is 13.6. The molecule has 1 amide bonds. The van der Waals surface area contributed by atoms with Crippen molar-refractivity contribution in [2.45, 2.75) is 18.6 Å². The molecule has 1 aliphatic rings. The molecule has 0 aliphatic heterocycles. The molecule has 0 unspecified atom stereocenters. The van der Waals surface area contributed by atoms with Crippen LogP contribution in [0.2, 0.25) is 0 Å².